The van der Waals surface area contributed by atoms with Crippen LogP contribution in [0.1, 0.15) is 24.0 Å². The van der Waals surface area contributed by atoms with Crippen molar-refractivity contribution in [1.29, 1.82) is 0 Å². The summed E-state index contributed by atoms with van der Waals surface area (Å²) in [5, 5.41) is 13.5. The molecule has 3 aliphatic rings. The first-order chi connectivity index (χ1) is 15.0. The second-order valence-corrected chi connectivity index (χ2v) is 8.08. The zero-order chi connectivity index (χ0) is 21.4. The first-order valence-corrected chi connectivity index (χ1v) is 10.5. The number of rotatable bonds is 4. The van der Waals surface area contributed by atoms with Crippen LogP contribution in [0.5, 0.6) is 17.2 Å². The molecule has 0 saturated carbocycles. The maximum Gasteiger partial charge on any atom is 0.231 e. The number of β-amino-alcohol motifs (C(OH)–C–C–N with tert-alkyl or cyclic N) is 1. The van der Waals surface area contributed by atoms with Gasteiger partial charge in [0.05, 0.1) is 13.0 Å². The number of benzene rings is 2. The largest absolute Gasteiger partial charge is 0.488 e. The Morgan fingerprint density at radius 1 is 1.16 bits per heavy atom. The van der Waals surface area contributed by atoms with E-state index >= 15 is 0 Å². The van der Waals surface area contributed by atoms with Gasteiger partial charge in [-0.3, -0.25) is 9.59 Å². The number of hydrogen-bond acceptors (Lipinski definition) is 6. The molecule has 1 saturated heterocycles. The van der Waals surface area contributed by atoms with Crippen LogP contribution in [0.15, 0.2) is 36.4 Å². The zero-order valence-electron chi connectivity index (χ0n) is 17.0. The molecule has 3 heterocycles. The Morgan fingerprint density at radius 2 is 2.03 bits per heavy atom. The number of fused-ring (bicyclic) bond motifs is 2. The maximum absolute atomic E-state index is 12.7. The lowest BCUT2D eigenvalue weighted by Crippen LogP contribution is -2.51. The molecule has 2 N–H and O–H groups in total. The van der Waals surface area contributed by atoms with Gasteiger partial charge in [-0.15, -0.1) is 0 Å². The summed E-state index contributed by atoms with van der Waals surface area (Å²) in [6.07, 6.45) is 0.764. The lowest BCUT2D eigenvalue weighted by Gasteiger charge is -2.36. The maximum atomic E-state index is 12.7. The van der Waals surface area contributed by atoms with Crippen molar-refractivity contribution in [3.05, 3.63) is 47.5 Å². The molecule has 8 heteroatoms. The summed E-state index contributed by atoms with van der Waals surface area (Å²) >= 11 is 0. The summed E-state index contributed by atoms with van der Waals surface area (Å²) in [4.78, 5) is 25.9. The number of carbonyl (C=O) groups is 2. The number of aryl methyl sites for hydroxylation is 1. The van der Waals surface area contributed by atoms with Crippen LogP contribution in [-0.2, 0) is 22.4 Å². The van der Waals surface area contributed by atoms with E-state index in [1.165, 1.54) is 0 Å². The fourth-order valence-electron chi connectivity index (χ4n) is 4.22. The standard InChI is InChI=1S/C23H24N2O6/c26-18-12-25(23(28)10-14-1-5-20-21(9-14)30-13-29-20)8-7-19(18)31-16-3-4-17-15(11-16)2-6-22(27)24-17/h1,3-5,9,11,18-19,26H,2,6-8,10,12-13H2,(H,24,27)/t18-,19-/m1/s1. The van der Waals surface area contributed by atoms with E-state index < -0.39 is 6.10 Å². The van der Waals surface area contributed by atoms with Gasteiger partial charge in [-0.2, -0.15) is 0 Å². The molecule has 31 heavy (non-hydrogen) atoms. The van der Waals surface area contributed by atoms with Crippen LogP contribution >= 0.6 is 0 Å². The van der Waals surface area contributed by atoms with E-state index in [1.807, 2.05) is 30.3 Å². The van der Waals surface area contributed by atoms with Crippen molar-refractivity contribution < 1.29 is 28.9 Å². The molecule has 0 aliphatic carbocycles. The van der Waals surface area contributed by atoms with Gasteiger partial charge in [-0.05, 0) is 47.9 Å². The minimum Gasteiger partial charge on any atom is -0.488 e. The zero-order valence-corrected chi connectivity index (χ0v) is 17.0. The predicted octanol–water partition coefficient (Wildman–Crippen LogP) is 1.88. The van der Waals surface area contributed by atoms with Crippen molar-refractivity contribution >= 4 is 17.5 Å². The third kappa shape index (κ3) is 4.16. The number of piperidine rings is 1. The molecule has 2 amide bonds. The molecule has 0 bridgehead atoms. The van der Waals surface area contributed by atoms with Crippen LogP contribution in [0.25, 0.3) is 0 Å². The molecule has 2 aromatic rings. The highest BCUT2D eigenvalue weighted by atomic mass is 16.7. The number of carbonyl (C=O) groups excluding carboxylic acids is 2. The third-order valence-electron chi connectivity index (χ3n) is 5.92. The molecule has 0 spiro atoms. The summed E-state index contributed by atoms with van der Waals surface area (Å²) < 4.78 is 16.7. The van der Waals surface area contributed by atoms with Crippen molar-refractivity contribution in [3.8, 4) is 17.2 Å². The summed E-state index contributed by atoms with van der Waals surface area (Å²) in [5.74, 6) is 1.99. The Hall–Kier alpha value is -3.26. The van der Waals surface area contributed by atoms with Gasteiger partial charge in [-0.25, -0.2) is 0 Å². The average molecular weight is 424 g/mol. The number of amides is 2. The van der Waals surface area contributed by atoms with Crippen molar-refractivity contribution in [1.82, 2.24) is 4.90 Å². The highest BCUT2D eigenvalue weighted by Gasteiger charge is 2.32. The molecule has 5 rings (SSSR count). The fourth-order valence-corrected chi connectivity index (χ4v) is 4.22. The number of nitrogens with zero attached hydrogens (tertiary/aromatic N) is 1. The number of aliphatic hydroxyl groups excluding tert-OH is 1. The van der Waals surface area contributed by atoms with Crippen molar-refractivity contribution in [3.63, 3.8) is 0 Å². The summed E-state index contributed by atoms with van der Waals surface area (Å²) in [7, 11) is 0. The molecule has 3 aliphatic heterocycles. The first kappa shape index (κ1) is 19.7. The number of anilines is 1. The monoisotopic (exact) mass is 424 g/mol. The molecule has 0 unspecified atom stereocenters. The summed E-state index contributed by atoms with van der Waals surface area (Å²) in [6.45, 7) is 0.951. The average Bonchev–Trinajstić information content (AvgIpc) is 3.23. The molecule has 0 radical (unpaired) electrons. The van der Waals surface area contributed by atoms with Gasteiger partial charge >= 0.3 is 0 Å². The van der Waals surface area contributed by atoms with Crippen LogP contribution in [0.3, 0.4) is 0 Å². The molecule has 2 atom stereocenters. The molecule has 0 aromatic heterocycles. The van der Waals surface area contributed by atoms with Crippen molar-refractivity contribution in [2.24, 2.45) is 0 Å². The fraction of sp³-hybridized carbons (Fsp3) is 0.391. The van der Waals surface area contributed by atoms with Crippen molar-refractivity contribution in [2.75, 3.05) is 25.2 Å². The quantitative estimate of drug-likeness (QED) is 0.778. The van der Waals surface area contributed by atoms with Crippen LogP contribution in [0, 0.1) is 0 Å². The van der Waals surface area contributed by atoms with Gasteiger partial charge in [-0.1, -0.05) is 6.07 Å². The van der Waals surface area contributed by atoms with Gasteiger partial charge in [0.1, 0.15) is 18.0 Å². The first-order valence-electron chi connectivity index (χ1n) is 10.5. The minimum absolute atomic E-state index is 0.0226. The molecular formula is C23H24N2O6. The predicted molar refractivity (Wildman–Crippen MR) is 111 cm³/mol. The molecule has 162 valence electrons. The molecular weight excluding hydrogens is 400 g/mol. The van der Waals surface area contributed by atoms with E-state index in [4.69, 9.17) is 14.2 Å². The Kier molecular flexibility index (Phi) is 5.15. The van der Waals surface area contributed by atoms with E-state index in [0.717, 1.165) is 16.8 Å². The third-order valence-corrected chi connectivity index (χ3v) is 5.92. The number of likely N-dealkylation sites (tertiary alicyclic amines) is 1. The normalized spacial score (nSPS) is 22.0. The van der Waals surface area contributed by atoms with Gasteiger partial charge in [0.2, 0.25) is 18.6 Å². The lowest BCUT2D eigenvalue weighted by atomic mass is 10.0. The SMILES string of the molecule is O=C1CCc2cc(O[C@@H]3CCN(C(=O)Cc4ccc5c(c4)OCO5)C[C@H]3O)ccc2N1. The van der Waals surface area contributed by atoms with E-state index in [9.17, 15) is 14.7 Å². The molecule has 1 fully saturated rings. The Labute approximate surface area is 179 Å². The van der Waals surface area contributed by atoms with E-state index in [1.54, 1.807) is 11.0 Å². The number of nitrogens with one attached hydrogen (secondary N) is 1. The van der Waals surface area contributed by atoms with E-state index in [-0.39, 0.29) is 37.7 Å². The lowest BCUT2D eigenvalue weighted by molar-refractivity contribution is -0.136. The van der Waals surface area contributed by atoms with Crippen LogP contribution < -0.4 is 19.5 Å². The number of aliphatic hydroxyl groups is 1. The molecule has 8 nitrogen and oxygen atoms in total. The van der Waals surface area contributed by atoms with Gasteiger partial charge < -0.3 is 29.5 Å². The Morgan fingerprint density at radius 3 is 2.90 bits per heavy atom. The topological polar surface area (TPSA) is 97.3 Å². The van der Waals surface area contributed by atoms with Crippen molar-refractivity contribution in [2.45, 2.75) is 37.9 Å². The smallest absolute Gasteiger partial charge is 0.231 e. The number of hydrogen-bond donors (Lipinski definition) is 2. The van der Waals surface area contributed by atoms with Gasteiger partial charge in [0.15, 0.2) is 11.5 Å². The van der Waals surface area contributed by atoms with Gasteiger partial charge in [0.25, 0.3) is 0 Å². The highest BCUT2D eigenvalue weighted by Crippen LogP contribution is 2.33. The highest BCUT2D eigenvalue weighted by molar-refractivity contribution is 5.94. The second-order valence-electron chi connectivity index (χ2n) is 8.08. The van der Waals surface area contributed by atoms with Crippen LogP contribution in [-0.4, -0.2) is 53.9 Å². The second kappa shape index (κ2) is 8.11. The van der Waals surface area contributed by atoms with Crippen LogP contribution in [0.4, 0.5) is 5.69 Å². The van der Waals surface area contributed by atoms with E-state index in [0.29, 0.717) is 43.1 Å². The minimum atomic E-state index is -0.773. The molecule has 2 aromatic carbocycles. The van der Waals surface area contributed by atoms with Gasteiger partial charge in [0, 0.05) is 25.1 Å². The van der Waals surface area contributed by atoms with E-state index in [2.05, 4.69) is 5.32 Å². The van der Waals surface area contributed by atoms with Crippen LogP contribution in [0.2, 0.25) is 0 Å². The summed E-state index contributed by atoms with van der Waals surface area (Å²) in [5.41, 5.74) is 2.69. The number of ether oxygens (including phenoxy) is 3. The summed E-state index contributed by atoms with van der Waals surface area (Å²) in [6, 6.07) is 11.0. The Bertz CT molecular complexity index is 1020. The Balaban J connectivity index is 1.18.